The maximum Gasteiger partial charge on any atom is 0.266 e. The van der Waals surface area contributed by atoms with Crippen LogP contribution in [0.25, 0.3) is 6.08 Å². The Morgan fingerprint density at radius 2 is 2.10 bits per heavy atom. The van der Waals surface area contributed by atoms with Crippen molar-refractivity contribution in [1.29, 1.82) is 0 Å². The van der Waals surface area contributed by atoms with Gasteiger partial charge in [0.1, 0.15) is 4.32 Å². The number of aliphatic carboxylic acids is 1. The van der Waals surface area contributed by atoms with Crippen molar-refractivity contribution >= 4 is 69.5 Å². The predicted molar refractivity (Wildman–Crippen MR) is 81.3 cm³/mol. The van der Waals surface area contributed by atoms with E-state index in [0.717, 1.165) is 16.7 Å². The Bertz CT molecular complexity index is 646. The number of halogens is 2. The summed E-state index contributed by atoms with van der Waals surface area (Å²) in [6.45, 7) is -0.552. The molecule has 4 nitrogen and oxygen atoms in total. The lowest BCUT2D eigenvalue weighted by Gasteiger charge is -2.14. The highest BCUT2D eigenvalue weighted by molar-refractivity contribution is 8.26. The van der Waals surface area contributed by atoms with Crippen molar-refractivity contribution in [3.05, 3.63) is 38.7 Å². The molecule has 2 rings (SSSR count). The molecular formula is C12H6Cl2NO3S2-. The van der Waals surface area contributed by atoms with Crippen LogP contribution in [0.5, 0.6) is 0 Å². The van der Waals surface area contributed by atoms with Gasteiger partial charge in [-0.15, -0.1) is 0 Å². The number of nitrogens with zero attached hydrogens (tertiary/aromatic N) is 1. The summed E-state index contributed by atoms with van der Waals surface area (Å²) in [6, 6.07) is 4.91. The number of carbonyl (C=O) groups is 2. The van der Waals surface area contributed by atoms with Crippen LogP contribution in [0.15, 0.2) is 23.1 Å². The quantitative estimate of drug-likeness (QED) is 0.618. The normalized spacial score (nSPS) is 17.1. The standard InChI is InChI=1S/C12H7Cl2NO3S2/c13-7-2-1-6(3-8(7)14)4-9-11(18)15(5-10(16)17)12(19)20-9/h1-4H,5H2,(H,16,17)/p-1/b9-4+. The van der Waals surface area contributed by atoms with E-state index in [4.69, 9.17) is 35.4 Å². The molecule has 0 aromatic heterocycles. The van der Waals surface area contributed by atoms with Gasteiger partial charge in [0.25, 0.3) is 5.91 Å². The van der Waals surface area contributed by atoms with E-state index < -0.39 is 18.4 Å². The lowest BCUT2D eigenvalue weighted by molar-refractivity contribution is -0.305. The average Bonchev–Trinajstić information content (AvgIpc) is 2.61. The largest absolute Gasteiger partial charge is 0.548 e. The fraction of sp³-hybridized carbons (Fsp3) is 0.0833. The minimum Gasteiger partial charge on any atom is -0.548 e. The first-order valence-corrected chi connectivity index (χ1v) is 7.27. The Morgan fingerprint density at radius 1 is 1.40 bits per heavy atom. The summed E-state index contributed by atoms with van der Waals surface area (Å²) in [7, 11) is 0. The zero-order chi connectivity index (χ0) is 14.9. The highest BCUT2D eigenvalue weighted by Gasteiger charge is 2.31. The van der Waals surface area contributed by atoms with Crippen molar-refractivity contribution in [3.8, 4) is 0 Å². The van der Waals surface area contributed by atoms with E-state index in [1.807, 2.05) is 0 Å². The van der Waals surface area contributed by atoms with E-state index in [1.54, 1.807) is 24.3 Å². The van der Waals surface area contributed by atoms with Gasteiger partial charge in [-0.3, -0.25) is 9.69 Å². The number of hydrogen-bond donors (Lipinski definition) is 0. The van der Waals surface area contributed by atoms with Crippen molar-refractivity contribution in [3.63, 3.8) is 0 Å². The van der Waals surface area contributed by atoms with Crippen LogP contribution in [0.2, 0.25) is 10.0 Å². The number of benzene rings is 1. The molecule has 0 atom stereocenters. The Labute approximate surface area is 134 Å². The average molecular weight is 347 g/mol. The lowest BCUT2D eigenvalue weighted by atomic mass is 10.2. The monoisotopic (exact) mass is 346 g/mol. The Kier molecular flexibility index (Phi) is 4.70. The number of amides is 1. The fourth-order valence-electron chi connectivity index (χ4n) is 1.52. The molecule has 0 saturated carbocycles. The van der Waals surface area contributed by atoms with Crippen molar-refractivity contribution in [2.45, 2.75) is 0 Å². The second-order valence-corrected chi connectivity index (χ2v) is 6.30. The molecule has 20 heavy (non-hydrogen) atoms. The number of rotatable bonds is 3. The maximum absolute atomic E-state index is 12.0. The Morgan fingerprint density at radius 3 is 2.70 bits per heavy atom. The first-order chi connectivity index (χ1) is 9.38. The summed E-state index contributed by atoms with van der Waals surface area (Å²) in [6.07, 6.45) is 1.58. The number of carboxylic acids is 1. The molecule has 1 amide bonds. The van der Waals surface area contributed by atoms with Crippen LogP contribution in [0.3, 0.4) is 0 Å². The third-order valence-corrected chi connectivity index (χ3v) is 4.52. The zero-order valence-corrected chi connectivity index (χ0v) is 12.9. The van der Waals surface area contributed by atoms with Crippen LogP contribution >= 0.6 is 47.2 Å². The number of carbonyl (C=O) groups excluding carboxylic acids is 2. The number of hydrogen-bond acceptors (Lipinski definition) is 5. The molecule has 104 valence electrons. The molecule has 1 aliphatic heterocycles. The molecule has 0 N–H and O–H groups in total. The molecule has 0 bridgehead atoms. The maximum atomic E-state index is 12.0. The first kappa shape index (κ1) is 15.3. The van der Waals surface area contributed by atoms with Crippen LogP contribution in [-0.4, -0.2) is 27.6 Å². The van der Waals surface area contributed by atoms with Gasteiger partial charge in [0.15, 0.2) is 0 Å². The van der Waals surface area contributed by atoms with Gasteiger partial charge in [-0.05, 0) is 23.8 Å². The zero-order valence-electron chi connectivity index (χ0n) is 9.76. The molecule has 1 heterocycles. The third-order valence-electron chi connectivity index (χ3n) is 2.40. The second kappa shape index (κ2) is 6.13. The number of thioether (sulfide) groups is 1. The highest BCUT2D eigenvalue weighted by Crippen LogP contribution is 2.33. The van der Waals surface area contributed by atoms with Gasteiger partial charge in [0.05, 0.1) is 27.5 Å². The summed E-state index contributed by atoms with van der Waals surface area (Å²) in [4.78, 5) is 23.9. The van der Waals surface area contributed by atoms with E-state index in [2.05, 4.69) is 0 Å². The van der Waals surface area contributed by atoms with Crippen LogP contribution in [-0.2, 0) is 9.59 Å². The molecule has 1 aromatic rings. The van der Waals surface area contributed by atoms with Gasteiger partial charge in [-0.1, -0.05) is 53.2 Å². The summed E-state index contributed by atoms with van der Waals surface area (Å²) in [5.74, 6) is -1.83. The number of thiocarbonyl (C=S) groups is 1. The Balaban J connectivity index is 2.27. The van der Waals surface area contributed by atoms with Gasteiger partial charge >= 0.3 is 0 Å². The second-order valence-electron chi connectivity index (χ2n) is 3.81. The molecule has 0 aliphatic carbocycles. The molecule has 1 fully saturated rings. The molecule has 0 radical (unpaired) electrons. The van der Waals surface area contributed by atoms with Crippen molar-refractivity contribution in [1.82, 2.24) is 4.90 Å². The molecule has 1 aliphatic rings. The molecule has 0 spiro atoms. The van der Waals surface area contributed by atoms with Gasteiger partial charge in [0.2, 0.25) is 0 Å². The third kappa shape index (κ3) is 3.32. The molecule has 8 heteroatoms. The fourth-order valence-corrected chi connectivity index (χ4v) is 3.08. The number of carboxylic acid groups (broad SMARTS) is 1. The minimum atomic E-state index is -1.36. The molecule has 1 saturated heterocycles. The summed E-state index contributed by atoms with van der Waals surface area (Å²) < 4.78 is 0.186. The first-order valence-electron chi connectivity index (χ1n) is 5.29. The van der Waals surface area contributed by atoms with E-state index >= 15 is 0 Å². The van der Waals surface area contributed by atoms with E-state index in [-0.39, 0.29) is 4.32 Å². The van der Waals surface area contributed by atoms with Crippen LogP contribution < -0.4 is 5.11 Å². The molecular weight excluding hydrogens is 341 g/mol. The van der Waals surface area contributed by atoms with Gasteiger partial charge < -0.3 is 9.90 Å². The van der Waals surface area contributed by atoms with Gasteiger partial charge in [-0.25, -0.2) is 0 Å². The smallest absolute Gasteiger partial charge is 0.266 e. The summed E-state index contributed by atoms with van der Waals surface area (Å²) in [5, 5.41) is 11.3. The minimum absolute atomic E-state index is 0.186. The van der Waals surface area contributed by atoms with E-state index in [0.29, 0.717) is 20.5 Å². The Hall–Kier alpha value is -1.08. The van der Waals surface area contributed by atoms with E-state index in [9.17, 15) is 14.7 Å². The molecule has 1 aromatic carbocycles. The van der Waals surface area contributed by atoms with Gasteiger partial charge in [-0.2, -0.15) is 0 Å². The summed E-state index contributed by atoms with van der Waals surface area (Å²) in [5.41, 5.74) is 0.674. The van der Waals surface area contributed by atoms with Crippen molar-refractivity contribution < 1.29 is 14.7 Å². The van der Waals surface area contributed by atoms with E-state index in [1.165, 1.54) is 0 Å². The van der Waals surface area contributed by atoms with Gasteiger partial charge in [0, 0.05) is 0 Å². The van der Waals surface area contributed by atoms with Crippen LogP contribution in [0.1, 0.15) is 5.56 Å². The van der Waals surface area contributed by atoms with Crippen LogP contribution in [0, 0.1) is 0 Å². The SMILES string of the molecule is O=C([O-])CN1C(=O)/C(=C\c2ccc(Cl)c(Cl)c2)SC1=S. The predicted octanol–water partition coefficient (Wildman–Crippen LogP) is 1.94. The summed E-state index contributed by atoms with van der Waals surface area (Å²) >= 11 is 17.7. The van der Waals surface area contributed by atoms with Crippen molar-refractivity contribution in [2.24, 2.45) is 0 Å². The highest BCUT2D eigenvalue weighted by atomic mass is 35.5. The lowest BCUT2D eigenvalue weighted by Crippen LogP contribution is -2.40. The molecule has 0 unspecified atom stereocenters. The van der Waals surface area contributed by atoms with Crippen molar-refractivity contribution in [2.75, 3.05) is 6.54 Å². The topological polar surface area (TPSA) is 60.4 Å². The van der Waals surface area contributed by atoms with Crippen LogP contribution in [0.4, 0.5) is 0 Å².